The summed E-state index contributed by atoms with van der Waals surface area (Å²) in [7, 11) is 0. The Morgan fingerprint density at radius 3 is 2.85 bits per heavy atom. The molecule has 20 heavy (non-hydrogen) atoms. The molecular weight excluding hydrogens is 324 g/mol. The molecular formula is C13H9BrN4O2. The van der Waals surface area contributed by atoms with Gasteiger partial charge < -0.3 is 4.98 Å². The van der Waals surface area contributed by atoms with E-state index in [-0.39, 0.29) is 5.69 Å². The van der Waals surface area contributed by atoms with Crippen molar-refractivity contribution in [3.05, 3.63) is 50.6 Å². The van der Waals surface area contributed by atoms with Crippen molar-refractivity contribution in [2.45, 2.75) is 6.92 Å². The third-order valence-electron chi connectivity index (χ3n) is 2.98. The maximum atomic E-state index is 10.7. The molecule has 1 N–H and O–H groups in total. The molecule has 0 saturated carbocycles. The number of hydrogen-bond donors (Lipinski definition) is 1. The van der Waals surface area contributed by atoms with Gasteiger partial charge in [0.2, 0.25) is 0 Å². The number of aromatic nitrogens is 3. The van der Waals surface area contributed by atoms with Gasteiger partial charge >= 0.3 is 0 Å². The van der Waals surface area contributed by atoms with Gasteiger partial charge in [-0.1, -0.05) is 15.9 Å². The molecule has 0 aliphatic heterocycles. The second kappa shape index (κ2) is 4.68. The summed E-state index contributed by atoms with van der Waals surface area (Å²) in [6.07, 6.45) is 1.22. The average molecular weight is 333 g/mol. The number of halogens is 1. The summed E-state index contributed by atoms with van der Waals surface area (Å²) in [6, 6.07) is 7.26. The second-order valence-corrected chi connectivity index (χ2v) is 5.28. The minimum atomic E-state index is -0.480. The molecule has 2 aromatic heterocycles. The van der Waals surface area contributed by atoms with E-state index in [1.165, 1.54) is 12.3 Å². The van der Waals surface area contributed by atoms with Crippen LogP contribution in [0, 0.1) is 17.0 Å². The van der Waals surface area contributed by atoms with Crippen molar-refractivity contribution in [1.82, 2.24) is 15.0 Å². The first kappa shape index (κ1) is 12.7. The monoisotopic (exact) mass is 332 g/mol. The number of H-pyrrole nitrogens is 1. The van der Waals surface area contributed by atoms with Gasteiger partial charge in [-0.2, -0.15) is 0 Å². The molecule has 0 aliphatic carbocycles. The molecule has 0 radical (unpaired) electrons. The van der Waals surface area contributed by atoms with E-state index in [0.717, 1.165) is 15.6 Å². The van der Waals surface area contributed by atoms with E-state index in [9.17, 15) is 10.1 Å². The van der Waals surface area contributed by atoms with Crippen LogP contribution in [0.1, 0.15) is 5.56 Å². The van der Waals surface area contributed by atoms with Crippen LogP contribution >= 0.6 is 15.9 Å². The molecule has 0 fully saturated rings. The molecule has 0 saturated heterocycles. The number of aromatic amines is 1. The smallest absolute Gasteiger partial charge is 0.289 e. The second-order valence-electron chi connectivity index (χ2n) is 4.36. The predicted molar refractivity (Wildman–Crippen MR) is 78.4 cm³/mol. The lowest BCUT2D eigenvalue weighted by molar-refractivity contribution is -0.385. The number of hydrogen-bond acceptors (Lipinski definition) is 4. The quantitative estimate of drug-likeness (QED) is 0.573. The summed E-state index contributed by atoms with van der Waals surface area (Å²) in [6.45, 7) is 1.98. The lowest BCUT2D eigenvalue weighted by atomic mass is 10.1. The Morgan fingerprint density at radius 1 is 1.35 bits per heavy atom. The van der Waals surface area contributed by atoms with E-state index < -0.39 is 4.92 Å². The van der Waals surface area contributed by atoms with Crippen molar-refractivity contribution in [3.63, 3.8) is 0 Å². The maximum absolute atomic E-state index is 10.7. The van der Waals surface area contributed by atoms with Gasteiger partial charge in [0.25, 0.3) is 5.69 Å². The molecule has 3 aromatic rings. The first-order valence-corrected chi connectivity index (χ1v) is 6.60. The van der Waals surface area contributed by atoms with E-state index in [2.05, 4.69) is 30.9 Å². The van der Waals surface area contributed by atoms with Crippen molar-refractivity contribution in [1.29, 1.82) is 0 Å². The number of pyridine rings is 1. The molecule has 0 bridgehead atoms. The molecule has 6 nitrogen and oxygen atoms in total. The minimum Gasteiger partial charge on any atom is -0.323 e. The summed E-state index contributed by atoms with van der Waals surface area (Å²) < 4.78 is 0.989. The van der Waals surface area contributed by atoms with Gasteiger partial charge in [-0.25, -0.2) is 9.97 Å². The zero-order valence-electron chi connectivity index (χ0n) is 10.4. The lowest BCUT2D eigenvalue weighted by Crippen LogP contribution is -1.88. The Kier molecular flexibility index (Phi) is 2.98. The zero-order valence-corrected chi connectivity index (χ0v) is 12.0. The van der Waals surface area contributed by atoms with Crippen LogP contribution in [0.3, 0.4) is 0 Å². The van der Waals surface area contributed by atoms with Gasteiger partial charge in [0.05, 0.1) is 4.92 Å². The normalized spacial score (nSPS) is 10.9. The summed E-state index contributed by atoms with van der Waals surface area (Å²) in [4.78, 5) is 21.7. The first-order valence-electron chi connectivity index (χ1n) is 5.81. The van der Waals surface area contributed by atoms with E-state index in [1.54, 1.807) is 0 Å². The molecule has 0 atom stereocenters. The molecule has 7 heteroatoms. The number of imidazole rings is 1. The number of rotatable bonds is 2. The number of nitrogens with one attached hydrogen (secondary N) is 1. The fraction of sp³-hybridized carbons (Fsp3) is 0.0769. The van der Waals surface area contributed by atoms with Gasteiger partial charge in [-0.05, 0) is 30.7 Å². The minimum absolute atomic E-state index is 0.0666. The lowest BCUT2D eigenvalue weighted by Gasteiger charge is -2.02. The Bertz CT molecular complexity index is 828. The predicted octanol–water partition coefficient (Wildman–Crippen LogP) is 3.60. The van der Waals surface area contributed by atoms with Crippen LogP contribution in [0.15, 0.2) is 34.9 Å². The van der Waals surface area contributed by atoms with Crippen LogP contribution in [0.4, 0.5) is 5.69 Å². The van der Waals surface area contributed by atoms with Crippen molar-refractivity contribution in [3.8, 4) is 11.4 Å². The number of aryl methyl sites for hydroxylation is 1. The van der Waals surface area contributed by atoms with Crippen LogP contribution in [-0.4, -0.2) is 19.9 Å². The molecule has 0 aliphatic rings. The highest BCUT2D eigenvalue weighted by atomic mass is 79.9. The molecule has 0 unspecified atom stereocenters. The molecule has 3 rings (SSSR count). The molecule has 100 valence electrons. The summed E-state index contributed by atoms with van der Waals surface area (Å²) in [5, 5.41) is 10.7. The molecule has 0 spiro atoms. The molecule has 2 heterocycles. The SMILES string of the molecule is Cc1cc(Br)ccc1-c1nc2cc([N+](=O)[O-])cnc2[nH]1. The van der Waals surface area contributed by atoms with Gasteiger partial charge in [-0.3, -0.25) is 10.1 Å². The third-order valence-corrected chi connectivity index (χ3v) is 3.47. The van der Waals surface area contributed by atoms with Crippen molar-refractivity contribution in [2.75, 3.05) is 0 Å². The number of nitrogens with zero attached hydrogens (tertiary/aromatic N) is 3. The van der Waals surface area contributed by atoms with Gasteiger partial charge in [0.1, 0.15) is 17.5 Å². The summed E-state index contributed by atoms with van der Waals surface area (Å²) in [5.74, 6) is 0.651. The number of nitro groups is 1. The molecule has 0 amide bonds. The Hall–Kier alpha value is -2.28. The molecule has 1 aromatic carbocycles. The van der Waals surface area contributed by atoms with Crippen molar-refractivity contribution >= 4 is 32.8 Å². The van der Waals surface area contributed by atoms with Gasteiger partial charge in [-0.15, -0.1) is 0 Å². The van der Waals surface area contributed by atoms with Crippen molar-refractivity contribution < 1.29 is 4.92 Å². The number of benzene rings is 1. The third kappa shape index (κ3) is 2.16. The van der Waals surface area contributed by atoms with Crippen LogP contribution in [0.5, 0.6) is 0 Å². The highest BCUT2D eigenvalue weighted by Crippen LogP contribution is 2.26. The highest BCUT2D eigenvalue weighted by molar-refractivity contribution is 9.10. The Labute approximate surface area is 122 Å². The average Bonchev–Trinajstić information content (AvgIpc) is 2.80. The topological polar surface area (TPSA) is 84.7 Å². The summed E-state index contributed by atoms with van der Waals surface area (Å²) >= 11 is 3.41. The van der Waals surface area contributed by atoms with Crippen molar-refractivity contribution in [2.24, 2.45) is 0 Å². The van der Waals surface area contributed by atoms with Gasteiger partial charge in [0.15, 0.2) is 5.65 Å². The van der Waals surface area contributed by atoms with E-state index in [0.29, 0.717) is 17.0 Å². The van der Waals surface area contributed by atoms with Crippen LogP contribution in [0.2, 0.25) is 0 Å². The maximum Gasteiger partial charge on any atom is 0.289 e. The Morgan fingerprint density at radius 2 is 2.15 bits per heavy atom. The fourth-order valence-electron chi connectivity index (χ4n) is 2.00. The van der Waals surface area contributed by atoms with E-state index in [1.807, 2.05) is 25.1 Å². The number of fused-ring (bicyclic) bond motifs is 1. The summed E-state index contributed by atoms with van der Waals surface area (Å²) in [5.41, 5.74) is 2.94. The standard InChI is InChI=1S/C13H9BrN4O2/c1-7-4-8(14)2-3-10(7)12-16-11-5-9(18(19)20)6-15-13(11)17-12/h2-6H,1H3,(H,15,16,17). The van der Waals surface area contributed by atoms with E-state index in [4.69, 9.17) is 0 Å². The van der Waals surface area contributed by atoms with Crippen LogP contribution in [-0.2, 0) is 0 Å². The highest BCUT2D eigenvalue weighted by Gasteiger charge is 2.13. The Balaban J connectivity index is 2.15. The zero-order chi connectivity index (χ0) is 14.3. The van der Waals surface area contributed by atoms with Gasteiger partial charge in [0, 0.05) is 16.1 Å². The largest absolute Gasteiger partial charge is 0.323 e. The fourth-order valence-corrected chi connectivity index (χ4v) is 2.48. The van der Waals surface area contributed by atoms with Crippen LogP contribution in [0.25, 0.3) is 22.6 Å². The van der Waals surface area contributed by atoms with Crippen LogP contribution < -0.4 is 0 Å². The van der Waals surface area contributed by atoms with E-state index >= 15 is 0 Å². The first-order chi connectivity index (χ1) is 9.54.